The molecule has 2 rings (SSSR count). The molecule has 2 unspecified atom stereocenters. The Bertz CT molecular complexity index is 464. The van der Waals surface area contributed by atoms with E-state index in [1.807, 2.05) is 13.8 Å². The summed E-state index contributed by atoms with van der Waals surface area (Å²) in [4.78, 5) is 14.3. The van der Waals surface area contributed by atoms with Crippen LogP contribution in [0.4, 0.5) is 4.39 Å². The van der Waals surface area contributed by atoms with E-state index in [9.17, 15) is 9.18 Å². The summed E-state index contributed by atoms with van der Waals surface area (Å²) in [6, 6.07) is 6.22. The first-order valence-corrected chi connectivity index (χ1v) is 7.44. The molecule has 1 heterocycles. The fraction of sp³-hybridized carbons (Fsp3) is 0.562. The molecule has 0 aromatic heterocycles. The minimum atomic E-state index is -0.238. The molecule has 4 nitrogen and oxygen atoms in total. The SMILES string of the molecule is CC1CN(C(C)C(=O)NCCc2ccc(F)cc2)CCO1. The van der Waals surface area contributed by atoms with Crippen LogP contribution in [0.5, 0.6) is 0 Å². The maximum atomic E-state index is 12.8. The quantitative estimate of drug-likeness (QED) is 0.897. The van der Waals surface area contributed by atoms with E-state index >= 15 is 0 Å². The Hall–Kier alpha value is -1.46. The molecule has 0 radical (unpaired) electrons. The lowest BCUT2D eigenvalue weighted by Gasteiger charge is -2.34. The minimum Gasteiger partial charge on any atom is -0.376 e. The number of carbonyl (C=O) groups excluding carboxylic acids is 1. The molecule has 116 valence electrons. The molecule has 1 aromatic carbocycles. The molecule has 21 heavy (non-hydrogen) atoms. The third-order valence-corrected chi connectivity index (χ3v) is 3.83. The third kappa shape index (κ3) is 4.79. The van der Waals surface area contributed by atoms with Gasteiger partial charge in [0.15, 0.2) is 0 Å². The van der Waals surface area contributed by atoms with E-state index in [0.717, 1.165) is 18.7 Å². The number of benzene rings is 1. The molecular weight excluding hydrogens is 271 g/mol. The molecule has 5 heteroatoms. The van der Waals surface area contributed by atoms with Crippen LogP contribution < -0.4 is 5.32 Å². The van der Waals surface area contributed by atoms with E-state index in [1.54, 1.807) is 12.1 Å². The monoisotopic (exact) mass is 294 g/mol. The average Bonchev–Trinajstić information content (AvgIpc) is 2.48. The highest BCUT2D eigenvalue weighted by Crippen LogP contribution is 2.09. The zero-order valence-electron chi connectivity index (χ0n) is 12.6. The number of halogens is 1. The Morgan fingerprint density at radius 2 is 2.19 bits per heavy atom. The van der Waals surface area contributed by atoms with Crippen molar-refractivity contribution in [2.75, 3.05) is 26.2 Å². The first-order valence-electron chi connectivity index (χ1n) is 7.44. The van der Waals surface area contributed by atoms with E-state index in [1.165, 1.54) is 12.1 Å². The zero-order valence-corrected chi connectivity index (χ0v) is 12.6. The Morgan fingerprint density at radius 1 is 1.48 bits per heavy atom. The van der Waals surface area contributed by atoms with Gasteiger partial charge in [0.05, 0.1) is 18.8 Å². The first kappa shape index (κ1) is 15.9. The second-order valence-corrected chi connectivity index (χ2v) is 5.52. The lowest BCUT2D eigenvalue weighted by molar-refractivity contribution is -0.128. The van der Waals surface area contributed by atoms with E-state index < -0.39 is 0 Å². The van der Waals surface area contributed by atoms with E-state index in [-0.39, 0.29) is 23.9 Å². The lowest BCUT2D eigenvalue weighted by Crippen LogP contribution is -2.51. The Labute approximate surface area is 125 Å². The largest absolute Gasteiger partial charge is 0.376 e. The number of nitrogens with one attached hydrogen (secondary N) is 1. The molecule has 2 atom stereocenters. The number of ether oxygens (including phenoxy) is 1. The number of rotatable bonds is 5. The molecule has 0 bridgehead atoms. The second-order valence-electron chi connectivity index (χ2n) is 5.52. The van der Waals surface area contributed by atoms with Crippen LogP contribution in [-0.4, -0.2) is 49.2 Å². The maximum absolute atomic E-state index is 12.8. The van der Waals surface area contributed by atoms with Crippen molar-refractivity contribution in [3.63, 3.8) is 0 Å². The summed E-state index contributed by atoms with van der Waals surface area (Å²) < 4.78 is 18.3. The van der Waals surface area contributed by atoms with Crippen LogP contribution in [-0.2, 0) is 16.0 Å². The van der Waals surface area contributed by atoms with Gasteiger partial charge in [0.25, 0.3) is 0 Å². The van der Waals surface area contributed by atoms with Crippen molar-refractivity contribution in [1.82, 2.24) is 10.2 Å². The van der Waals surface area contributed by atoms with Crippen molar-refractivity contribution >= 4 is 5.91 Å². The van der Waals surface area contributed by atoms with Gasteiger partial charge < -0.3 is 10.1 Å². The number of hydrogen-bond acceptors (Lipinski definition) is 3. The number of nitrogens with zero attached hydrogens (tertiary/aromatic N) is 1. The molecule has 1 amide bonds. The van der Waals surface area contributed by atoms with Gasteiger partial charge in [0, 0.05) is 19.6 Å². The van der Waals surface area contributed by atoms with E-state index in [2.05, 4.69) is 10.2 Å². The predicted molar refractivity (Wildman–Crippen MR) is 79.6 cm³/mol. The molecule has 0 spiro atoms. The van der Waals surface area contributed by atoms with Gasteiger partial charge in [-0.15, -0.1) is 0 Å². The fourth-order valence-electron chi connectivity index (χ4n) is 2.49. The van der Waals surface area contributed by atoms with E-state index in [0.29, 0.717) is 19.6 Å². The van der Waals surface area contributed by atoms with Crippen LogP contribution in [0.1, 0.15) is 19.4 Å². The van der Waals surface area contributed by atoms with Crippen LogP contribution in [0.3, 0.4) is 0 Å². The average molecular weight is 294 g/mol. The van der Waals surface area contributed by atoms with Crippen LogP contribution in [0.15, 0.2) is 24.3 Å². The summed E-state index contributed by atoms with van der Waals surface area (Å²) in [7, 11) is 0. The molecule has 1 saturated heterocycles. The van der Waals surface area contributed by atoms with Crippen LogP contribution in [0.25, 0.3) is 0 Å². The summed E-state index contributed by atoms with van der Waals surface area (Å²) in [6.07, 6.45) is 0.881. The van der Waals surface area contributed by atoms with Crippen molar-refractivity contribution in [3.8, 4) is 0 Å². The Balaban J connectivity index is 1.74. The van der Waals surface area contributed by atoms with Gasteiger partial charge in [-0.2, -0.15) is 0 Å². The highest BCUT2D eigenvalue weighted by molar-refractivity contribution is 5.81. The number of amides is 1. The summed E-state index contributed by atoms with van der Waals surface area (Å²) in [5.74, 6) is -0.205. The lowest BCUT2D eigenvalue weighted by atomic mass is 10.1. The summed E-state index contributed by atoms with van der Waals surface area (Å²) in [5.41, 5.74) is 1.02. The van der Waals surface area contributed by atoms with Crippen molar-refractivity contribution in [2.24, 2.45) is 0 Å². The molecule has 1 N–H and O–H groups in total. The van der Waals surface area contributed by atoms with Gasteiger partial charge in [-0.1, -0.05) is 12.1 Å². The molecule has 1 aliphatic rings. The van der Waals surface area contributed by atoms with Gasteiger partial charge in [-0.25, -0.2) is 4.39 Å². The normalized spacial score (nSPS) is 21.0. The first-order chi connectivity index (χ1) is 10.1. The van der Waals surface area contributed by atoms with Crippen LogP contribution in [0, 0.1) is 5.82 Å². The second kappa shape index (κ2) is 7.52. The Kier molecular flexibility index (Phi) is 5.70. The van der Waals surface area contributed by atoms with Crippen molar-refractivity contribution in [1.29, 1.82) is 0 Å². The fourth-order valence-corrected chi connectivity index (χ4v) is 2.49. The minimum absolute atomic E-state index is 0.0335. The standard InChI is InChI=1S/C16H23FN2O2/c1-12-11-19(9-10-21-12)13(2)16(20)18-8-7-14-3-5-15(17)6-4-14/h3-6,12-13H,7-11H2,1-2H3,(H,18,20). The molecule has 0 aliphatic carbocycles. The maximum Gasteiger partial charge on any atom is 0.237 e. The third-order valence-electron chi connectivity index (χ3n) is 3.83. The van der Waals surface area contributed by atoms with Gasteiger partial charge >= 0.3 is 0 Å². The topological polar surface area (TPSA) is 41.6 Å². The van der Waals surface area contributed by atoms with Gasteiger partial charge in [-0.05, 0) is 38.0 Å². The number of hydrogen-bond donors (Lipinski definition) is 1. The highest BCUT2D eigenvalue weighted by Gasteiger charge is 2.25. The van der Waals surface area contributed by atoms with Crippen LogP contribution in [0.2, 0.25) is 0 Å². The summed E-state index contributed by atoms with van der Waals surface area (Å²) in [5, 5.41) is 2.94. The van der Waals surface area contributed by atoms with Gasteiger partial charge in [-0.3, -0.25) is 9.69 Å². The van der Waals surface area contributed by atoms with Crippen molar-refractivity contribution in [3.05, 3.63) is 35.6 Å². The highest BCUT2D eigenvalue weighted by atomic mass is 19.1. The molecule has 1 fully saturated rings. The molecule has 1 aromatic rings. The number of carbonyl (C=O) groups is 1. The van der Waals surface area contributed by atoms with Gasteiger partial charge in [0.2, 0.25) is 5.91 Å². The van der Waals surface area contributed by atoms with Crippen molar-refractivity contribution in [2.45, 2.75) is 32.4 Å². The van der Waals surface area contributed by atoms with Crippen LogP contribution >= 0.6 is 0 Å². The van der Waals surface area contributed by atoms with Crippen molar-refractivity contribution < 1.29 is 13.9 Å². The van der Waals surface area contributed by atoms with Gasteiger partial charge in [0.1, 0.15) is 5.82 Å². The number of morpholine rings is 1. The Morgan fingerprint density at radius 3 is 2.86 bits per heavy atom. The summed E-state index contributed by atoms with van der Waals surface area (Å²) >= 11 is 0. The molecular formula is C16H23FN2O2. The molecule has 1 aliphatic heterocycles. The predicted octanol–water partition coefficient (Wildman–Crippen LogP) is 1.59. The molecule has 0 saturated carbocycles. The zero-order chi connectivity index (χ0) is 15.2. The summed E-state index contributed by atoms with van der Waals surface area (Å²) in [6.45, 7) is 6.75. The van der Waals surface area contributed by atoms with E-state index in [4.69, 9.17) is 4.74 Å². The smallest absolute Gasteiger partial charge is 0.237 e.